The van der Waals surface area contributed by atoms with Crippen LogP contribution in [0.1, 0.15) is 43.0 Å². The summed E-state index contributed by atoms with van der Waals surface area (Å²) < 4.78 is 1.15. The Balaban J connectivity index is 1.29. The molecular formula is C19H23N3O4. The molecular weight excluding hydrogens is 334 g/mol. The number of hydrogen-bond donors (Lipinski definition) is 3. The second-order valence-corrected chi connectivity index (χ2v) is 8.63. The predicted octanol–water partition coefficient (Wildman–Crippen LogP) is 1.53. The number of aliphatic carboxylic acids is 1. The highest BCUT2D eigenvalue weighted by atomic mass is 16.4. The third kappa shape index (κ3) is 1.86. The molecule has 7 nitrogen and oxygen atoms in total. The SMILES string of the molecule is CC(/C=C/n1[nH]cc(C(=O)NC2C3CC4CC5CC2C53C4)c1=O)C(=O)O. The highest BCUT2D eigenvalue weighted by molar-refractivity contribution is 5.94. The summed E-state index contributed by atoms with van der Waals surface area (Å²) in [6.07, 6.45) is 9.35. The Kier molecular flexibility index (Phi) is 3.13. The van der Waals surface area contributed by atoms with Gasteiger partial charge < -0.3 is 10.4 Å². The molecule has 138 valence electrons. The van der Waals surface area contributed by atoms with Gasteiger partial charge in [0.2, 0.25) is 0 Å². The lowest BCUT2D eigenvalue weighted by molar-refractivity contribution is -0.199. The van der Waals surface area contributed by atoms with E-state index in [0.29, 0.717) is 17.3 Å². The normalized spacial score (nSPS) is 40.0. The molecule has 0 aliphatic heterocycles. The standard InChI is InChI=1S/C19H23N3O4/c1-9(18(25)26)2-3-22-17(24)12(8-20-22)16(23)21-15-13-5-10-4-11-6-14(15)19(11,13)7-10/h2-3,8-11,13-15,20H,4-7H2,1H3,(H,21,23)(H,25,26)/b3-2+. The molecule has 7 unspecified atom stereocenters. The van der Waals surface area contributed by atoms with E-state index in [0.717, 1.165) is 16.5 Å². The van der Waals surface area contributed by atoms with Crippen molar-refractivity contribution in [2.75, 3.05) is 0 Å². The van der Waals surface area contributed by atoms with Gasteiger partial charge in [-0.1, -0.05) is 6.08 Å². The number of carbonyl (C=O) groups is 2. The molecule has 0 radical (unpaired) electrons. The first-order valence-electron chi connectivity index (χ1n) is 9.43. The number of aromatic nitrogens is 2. The van der Waals surface area contributed by atoms with Crippen LogP contribution < -0.4 is 10.9 Å². The van der Waals surface area contributed by atoms with Crippen LogP contribution in [-0.4, -0.2) is 32.8 Å². The van der Waals surface area contributed by atoms with Crippen LogP contribution in [0.4, 0.5) is 0 Å². The number of amides is 1. The number of hydrogen-bond acceptors (Lipinski definition) is 3. The Labute approximate surface area is 150 Å². The molecule has 7 atom stereocenters. The molecule has 0 aromatic carbocycles. The summed E-state index contributed by atoms with van der Waals surface area (Å²) >= 11 is 0. The Morgan fingerprint density at radius 3 is 2.88 bits per heavy atom. The summed E-state index contributed by atoms with van der Waals surface area (Å²) in [5.41, 5.74) is 0.152. The Hall–Kier alpha value is -2.31. The molecule has 1 spiro atoms. The second kappa shape index (κ2) is 5.11. The summed E-state index contributed by atoms with van der Waals surface area (Å²) in [6.45, 7) is 1.52. The number of nitrogens with zero attached hydrogens (tertiary/aromatic N) is 1. The van der Waals surface area contributed by atoms with Crippen LogP contribution in [0.15, 0.2) is 17.1 Å². The van der Waals surface area contributed by atoms with Crippen LogP contribution in [0, 0.1) is 35.0 Å². The van der Waals surface area contributed by atoms with E-state index in [1.165, 1.54) is 51.1 Å². The molecule has 1 aromatic heterocycles. The number of nitrogens with one attached hydrogen (secondary N) is 2. The van der Waals surface area contributed by atoms with E-state index in [1.54, 1.807) is 0 Å². The molecule has 7 heteroatoms. The van der Waals surface area contributed by atoms with Gasteiger partial charge in [0.05, 0.1) is 5.92 Å². The zero-order valence-corrected chi connectivity index (χ0v) is 14.6. The molecule has 4 aliphatic rings. The fraction of sp³-hybridized carbons (Fsp3) is 0.632. The number of carboxylic acid groups (broad SMARTS) is 1. The van der Waals surface area contributed by atoms with Crippen LogP contribution in [0.5, 0.6) is 0 Å². The maximum absolute atomic E-state index is 12.6. The lowest BCUT2D eigenvalue weighted by Gasteiger charge is -2.70. The van der Waals surface area contributed by atoms with Gasteiger partial charge in [-0.3, -0.25) is 19.5 Å². The maximum Gasteiger partial charge on any atom is 0.310 e. The zero-order valence-electron chi connectivity index (χ0n) is 14.6. The number of carboxylic acids is 1. The van der Waals surface area contributed by atoms with Crippen molar-refractivity contribution in [3.63, 3.8) is 0 Å². The summed E-state index contributed by atoms with van der Waals surface area (Å²) in [7, 11) is 0. The van der Waals surface area contributed by atoms with E-state index in [9.17, 15) is 14.4 Å². The first kappa shape index (κ1) is 15.9. The van der Waals surface area contributed by atoms with E-state index < -0.39 is 17.4 Å². The average molecular weight is 357 g/mol. The number of rotatable bonds is 5. The van der Waals surface area contributed by atoms with E-state index >= 15 is 0 Å². The minimum absolute atomic E-state index is 0.0811. The number of aromatic amines is 1. The van der Waals surface area contributed by atoms with E-state index in [1.807, 2.05) is 0 Å². The topological polar surface area (TPSA) is 104 Å². The van der Waals surface area contributed by atoms with Crippen LogP contribution >= 0.6 is 0 Å². The fourth-order valence-electron chi connectivity index (χ4n) is 6.50. The molecule has 3 N–H and O–H groups in total. The zero-order chi connectivity index (χ0) is 18.2. The molecule has 26 heavy (non-hydrogen) atoms. The van der Waals surface area contributed by atoms with Crippen molar-refractivity contribution < 1.29 is 14.7 Å². The lowest BCUT2D eigenvalue weighted by atomic mass is 9.36. The first-order valence-corrected chi connectivity index (χ1v) is 9.43. The van der Waals surface area contributed by atoms with Gasteiger partial charge in [-0.2, -0.15) is 0 Å². The Morgan fingerprint density at radius 2 is 2.15 bits per heavy atom. The van der Waals surface area contributed by atoms with Crippen LogP contribution in [0.2, 0.25) is 0 Å². The lowest BCUT2D eigenvalue weighted by Crippen LogP contribution is -2.73. The van der Waals surface area contributed by atoms with Crippen LogP contribution in [0.25, 0.3) is 6.20 Å². The van der Waals surface area contributed by atoms with Gasteiger partial charge in [-0.05, 0) is 61.7 Å². The van der Waals surface area contributed by atoms with Crippen LogP contribution in [-0.2, 0) is 4.79 Å². The minimum Gasteiger partial charge on any atom is -0.481 e. The fourth-order valence-corrected chi connectivity index (χ4v) is 6.50. The first-order chi connectivity index (χ1) is 12.4. The van der Waals surface area contributed by atoms with E-state index in [-0.39, 0.29) is 17.5 Å². The molecule has 4 aliphatic carbocycles. The number of H-pyrrole nitrogens is 1. The largest absolute Gasteiger partial charge is 0.481 e. The van der Waals surface area contributed by atoms with Gasteiger partial charge in [-0.15, -0.1) is 0 Å². The maximum atomic E-state index is 12.6. The van der Waals surface area contributed by atoms with Gasteiger partial charge in [0.1, 0.15) is 5.56 Å². The van der Waals surface area contributed by atoms with Crippen molar-refractivity contribution in [3.05, 3.63) is 28.2 Å². The second-order valence-electron chi connectivity index (χ2n) is 8.63. The van der Waals surface area contributed by atoms with Crippen molar-refractivity contribution in [1.29, 1.82) is 0 Å². The summed E-state index contributed by atoms with van der Waals surface area (Å²) in [4.78, 5) is 35.9. The third-order valence-corrected chi connectivity index (χ3v) is 7.65. The van der Waals surface area contributed by atoms with Crippen molar-refractivity contribution in [2.24, 2.45) is 35.0 Å². The minimum atomic E-state index is -0.970. The molecule has 5 rings (SSSR count). The molecule has 4 saturated carbocycles. The Morgan fingerprint density at radius 1 is 1.38 bits per heavy atom. The van der Waals surface area contributed by atoms with Crippen molar-refractivity contribution in [3.8, 4) is 0 Å². The van der Waals surface area contributed by atoms with Crippen molar-refractivity contribution in [2.45, 2.75) is 38.6 Å². The third-order valence-electron chi connectivity index (χ3n) is 7.65. The van der Waals surface area contributed by atoms with Gasteiger partial charge in [-0.25, -0.2) is 4.68 Å². The smallest absolute Gasteiger partial charge is 0.310 e. The monoisotopic (exact) mass is 357 g/mol. The van der Waals surface area contributed by atoms with Gasteiger partial charge >= 0.3 is 5.97 Å². The highest BCUT2D eigenvalue weighted by Crippen LogP contribution is 2.81. The number of carbonyl (C=O) groups excluding carboxylic acids is 1. The van der Waals surface area contributed by atoms with Crippen LogP contribution in [0.3, 0.4) is 0 Å². The van der Waals surface area contributed by atoms with Crippen molar-refractivity contribution >= 4 is 18.1 Å². The summed E-state index contributed by atoms with van der Waals surface area (Å²) in [5.74, 6) is 0.937. The number of fused-ring (bicyclic) bond motifs is 1. The van der Waals surface area contributed by atoms with Gasteiger partial charge in [0.15, 0.2) is 0 Å². The molecule has 4 fully saturated rings. The average Bonchev–Trinajstić information content (AvgIpc) is 3.23. The summed E-state index contributed by atoms with van der Waals surface area (Å²) in [5, 5.41) is 14.7. The van der Waals surface area contributed by atoms with Gasteiger partial charge in [0, 0.05) is 18.4 Å². The van der Waals surface area contributed by atoms with Gasteiger partial charge in [0.25, 0.3) is 11.5 Å². The van der Waals surface area contributed by atoms with E-state index in [2.05, 4.69) is 10.4 Å². The molecule has 0 saturated heterocycles. The van der Waals surface area contributed by atoms with E-state index in [4.69, 9.17) is 5.11 Å². The molecule has 2 bridgehead atoms. The highest BCUT2D eigenvalue weighted by Gasteiger charge is 2.77. The van der Waals surface area contributed by atoms with Crippen molar-refractivity contribution in [1.82, 2.24) is 15.1 Å². The molecule has 1 heterocycles. The quantitative estimate of drug-likeness (QED) is 0.743. The summed E-state index contributed by atoms with van der Waals surface area (Å²) in [6, 6.07) is 0.217. The Bertz CT molecular complexity index is 884. The predicted molar refractivity (Wildman–Crippen MR) is 93.3 cm³/mol. The molecule has 1 amide bonds. The molecule has 1 aromatic rings.